The van der Waals surface area contributed by atoms with Crippen molar-refractivity contribution in [2.24, 2.45) is 0 Å². The second kappa shape index (κ2) is 10.7. The molecule has 1 atom stereocenters. The number of aromatic nitrogens is 2. The van der Waals surface area contributed by atoms with Gasteiger partial charge in [0.15, 0.2) is 0 Å². The van der Waals surface area contributed by atoms with Crippen LogP contribution >= 0.6 is 11.8 Å². The lowest BCUT2D eigenvalue weighted by Gasteiger charge is -2.34. The second-order valence-electron chi connectivity index (χ2n) is 8.89. The molecule has 0 aliphatic carbocycles. The van der Waals surface area contributed by atoms with Crippen molar-refractivity contribution < 1.29 is 14.1 Å². The topological polar surface area (TPSA) is 71.7 Å². The molecule has 34 heavy (non-hydrogen) atoms. The molecule has 2 saturated heterocycles. The monoisotopic (exact) mass is 478 g/mol. The van der Waals surface area contributed by atoms with Gasteiger partial charge in [0.05, 0.1) is 18.2 Å². The third kappa shape index (κ3) is 5.51. The van der Waals surface area contributed by atoms with Crippen LogP contribution in [0.2, 0.25) is 0 Å². The van der Waals surface area contributed by atoms with Gasteiger partial charge in [0.2, 0.25) is 11.7 Å². The summed E-state index contributed by atoms with van der Waals surface area (Å²) in [5, 5.41) is 4.13. The first-order chi connectivity index (χ1) is 16.7. The number of piperazine rings is 1. The molecule has 0 radical (unpaired) electrons. The van der Waals surface area contributed by atoms with E-state index >= 15 is 0 Å². The van der Waals surface area contributed by atoms with Gasteiger partial charge in [0.1, 0.15) is 0 Å². The first-order valence-corrected chi connectivity index (χ1v) is 12.9. The molecule has 0 bridgehead atoms. The largest absolute Gasteiger partial charge is 0.377 e. The normalized spacial score (nSPS) is 19.0. The molecule has 1 unspecified atom stereocenters. The fraction of sp³-hybridized carbons (Fsp3) is 0.423. The van der Waals surface area contributed by atoms with E-state index in [1.165, 1.54) is 5.56 Å². The number of carbonyl (C=O) groups is 1. The maximum atomic E-state index is 13.3. The standard InChI is InChI=1S/C26H30N4O3S/c1-19-8-10-20(11-9-19)25-27-24(33-28-25)17-29-12-14-30(15-13-29)26(31)22-6-2-3-7-23(22)34-18-21-5-4-16-32-21/h2-3,6-11,21H,4-5,12-18H2,1H3. The lowest BCUT2D eigenvalue weighted by atomic mass is 10.1. The molecule has 0 saturated carbocycles. The van der Waals surface area contributed by atoms with E-state index in [1.54, 1.807) is 11.8 Å². The van der Waals surface area contributed by atoms with Gasteiger partial charge in [-0.2, -0.15) is 4.98 Å². The SMILES string of the molecule is Cc1ccc(-c2noc(CN3CCN(C(=O)c4ccccc4SCC4CCCO4)CC3)n2)cc1. The predicted octanol–water partition coefficient (Wildman–Crippen LogP) is 4.27. The van der Waals surface area contributed by atoms with Crippen LogP contribution in [-0.2, 0) is 11.3 Å². The van der Waals surface area contributed by atoms with Crippen molar-refractivity contribution in [1.82, 2.24) is 19.9 Å². The number of nitrogens with zero attached hydrogens (tertiary/aromatic N) is 4. The average molecular weight is 479 g/mol. The Morgan fingerprint density at radius 2 is 1.88 bits per heavy atom. The third-order valence-electron chi connectivity index (χ3n) is 6.36. The molecular weight excluding hydrogens is 448 g/mol. The number of amides is 1. The number of aryl methyl sites for hydroxylation is 1. The molecule has 0 spiro atoms. The van der Waals surface area contributed by atoms with Crippen LogP contribution in [0.15, 0.2) is 57.9 Å². The van der Waals surface area contributed by atoms with Crippen LogP contribution in [0.3, 0.4) is 0 Å². The highest BCUT2D eigenvalue weighted by Gasteiger charge is 2.25. The Morgan fingerprint density at radius 1 is 1.09 bits per heavy atom. The van der Waals surface area contributed by atoms with Crippen molar-refractivity contribution in [2.45, 2.75) is 37.3 Å². The van der Waals surface area contributed by atoms with Gasteiger partial charge in [-0.25, -0.2) is 0 Å². The molecule has 178 valence electrons. The summed E-state index contributed by atoms with van der Waals surface area (Å²) in [6.45, 7) is 6.42. The molecule has 3 aromatic rings. The van der Waals surface area contributed by atoms with Crippen molar-refractivity contribution in [3.63, 3.8) is 0 Å². The van der Waals surface area contributed by atoms with Gasteiger partial charge in [-0.1, -0.05) is 47.1 Å². The van der Waals surface area contributed by atoms with Crippen molar-refractivity contribution in [1.29, 1.82) is 0 Å². The van der Waals surface area contributed by atoms with Gasteiger partial charge in [-0.05, 0) is 31.9 Å². The summed E-state index contributed by atoms with van der Waals surface area (Å²) in [5.41, 5.74) is 2.94. The maximum absolute atomic E-state index is 13.3. The van der Waals surface area contributed by atoms with Crippen molar-refractivity contribution in [3.8, 4) is 11.4 Å². The molecule has 2 aliphatic rings. The van der Waals surface area contributed by atoms with E-state index in [1.807, 2.05) is 53.4 Å². The Hall–Kier alpha value is -2.68. The van der Waals surface area contributed by atoms with E-state index in [0.717, 1.165) is 54.3 Å². The number of benzene rings is 2. The Bertz CT molecular complexity index is 1100. The third-order valence-corrected chi connectivity index (χ3v) is 7.57. The van der Waals surface area contributed by atoms with E-state index < -0.39 is 0 Å². The zero-order valence-corrected chi connectivity index (χ0v) is 20.3. The van der Waals surface area contributed by atoms with E-state index in [4.69, 9.17) is 9.26 Å². The summed E-state index contributed by atoms with van der Waals surface area (Å²) < 4.78 is 11.2. The van der Waals surface area contributed by atoms with Gasteiger partial charge in [-0.15, -0.1) is 11.8 Å². The molecule has 1 aromatic heterocycles. The number of hydrogen-bond acceptors (Lipinski definition) is 7. The minimum Gasteiger partial charge on any atom is -0.377 e. The summed E-state index contributed by atoms with van der Waals surface area (Å²) in [6.07, 6.45) is 2.54. The van der Waals surface area contributed by atoms with Crippen LogP contribution in [0.5, 0.6) is 0 Å². The van der Waals surface area contributed by atoms with Crippen LogP contribution in [0.4, 0.5) is 0 Å². The van der Waals surface area contributed by atoms with Crippen LogP contribution < -0.4 is 0 Å². The summed E-state index contributed by atoms with van der Waals surface area (Å²) in [4.78, 5) is 23.1. The molecule has 7 nitrogen and oxygen atoms in total. The first kappa shape index (κ1) is 23.1. The first-order valence-electron chi connectivity index (χ1n) is 11.9. The van der Waals surface area contributed by atoms with Gasteiger partial charge in [-0.3, -0.25) is 9.69 Å². The fourth-order valence-corrected chi connectivity index (χ4v) is 5.45. The molecule has 5 rings (SSSR count). The quantitative estimate of drug-likeness (QED) is 0.470. The van der Waals surface area contributed by atoms with Crippen LogP contribution in [0.1, 0.15) is 34.7 Å². The predicted molar refractivity (Wildman–Crippen MR) is 132 cm³/mol. The van der Waals surface area contributed by atoms with Gasteiger partial charge in [0, 0.05) is 49.0 Å². The zero-order chi connectivity index (χ0) is 23.3. The fourth-order valence-electron chi connectivity index (χ4n) is 4.34. The summed E-state index contributed by atoms with van der Waals surface area (Å²) in [7, 11) is 0. The molecule has 2 fully saturated rings. The van der Waals surface area contributed by atoms with Gasteiger partial charge < -0.3 is 14.2 Å². The van der Waals surface area contributed by atoms with E-state index in [-0.39, 0.29) is 5.91 Å². The lowest BCUT2D eigenvalue weighted by Crippen LogP contribution is -2.48. The zero-order valence-electron chi connectivity index (χ0n) is 19.5. The summed E-state index contributed by atoms with van der Waals surface area (Å²) in [6, 6.07) is 16.0. The van der Waals surface area contributed by atoms with E-state index in [9.17, 15) is 4.79 Å². The van der Waals surface area contributed by atoms with Crippen LogP contribution in [0.25, 0.3) is 11.4 Å². The average Bonchev–Trinajstić information content (AvgIpc) is 3.56. The number of ether oxygens (including phenoxy) is 1. The van der Waals surface area contributed by atoms with E-state index in [0.29, 0.717) is 37.5 Å². The highest BCUT2D eigenvalue weighted by atomic mass is 32.2. The van der Waals surface area contributed by atoms with Gasteiger partial charge >= 0.3 is 0 Å². The second-order valence-corrected chi connectivity index (χ2v) is 9.95. The Labute approximate surface area is 204 Å². The summed E-state index contributed by atoms with van der Waals surface area (Å²) >= 11 is 1.73. The molecule has 1 amide bonds. The number of carbonyl (C=O) groups excluding carboxylic acids is 1. The Morgan fingerprint density at radius 3 is 2.65 bits per heavy atom. The minimum absolute atomic E-state index is 0.106. The molecular formula is C26H30N4O3S. The van der Waals surface area contributed by atoms with Crippen molar-refractivity contribution in [3.05, 3.63) is 65.5 Å². The molecule has 8 heteroatoms. The smallest absolute Gasteiger partial charge is 0.255 e. The Balaban J connectivity index is 1.15. The molecule has 3 heterocycles. The molecule has 0 N–H and O–H groups in total. The number of thioether (sulfide) groups is 1. The van der Waals surface area contributed by atoms with Crippen molar-refractivity contribution >= 4 is 17.7 Å². The number of rotatable bonds is 7. The van der Waals surface area contributed by atoms with Crippen LogP contribution in [-0.4, -0.2) is 70.5 Å². The lowest BCUT2D eigenvalue weighted by molar-refractivity contribution is 0.0611. The molecule has 2 aliphatic heterocycles. The van der Waals surface area contributed by atoms with Crippen molar-refractivity contribution in [2.75, 3.05) is 38.5 Å². The highest BCUT2D eigenvalue weighted by Crippen LogP contribution is 2.28. The van der Waals surface area contributed by atoms with Crippen LogP contribution in [0, 0.1) is 6.92 Å². The van der Waals surface area contributed by atoms with E-state index in [2.05, 4.69) is 22.0 Å². The minimum atomic E-state index is 0.106. The van der Waals surface area contributed by atoms with Gasteiger partial charge in [0.25, 0.3) is 5.91 Å². The Kier molecular flexibility index (Phi) is 7.27. The molecule has 2 aromatic carbocycles. The number of hydrogen-bond donors (Lipinski definition) is 0. The highest BCUT2D eigenvalue weighted by molar-refractivity contribution is 7.99. The summed E-state index contributed by atoms with van der Waals surface area (Å²) in [5.74, 6) is 2.22. The maximum Gasteiger partial charge on any atom is 0.255 e.